The van der Waals surface area contributed by atoms with Crippen LogP contribution in [0.2, 0.25) is 0 Å². The Hall–Kier alpha value is -0.710. The predicted octanol–water partition coefficient (Wildman–Crippen LogP) is 2.35. The van der Waals surface area contributed by atoms with Crippen LogP contribution in [-0.4, -0.2) is 31.1 Å². The molecule has 1 aliphatic heterocycles. The summed E-state index contributed by atoms with van der Waals surface area (Å²) in [6, 6.07) is 0. The van der Waals surface area contributed by atoms with Crippen molar-refractivity contribution in [2.75, 3.05) is 13.1 Å². The van der Waals surface area contributed by atoms with E-state index in [0.29, 0.717) is 25.9 Å². The minimum absolute atomic E-state index is 0.399. The highest BCUT2D eigenvalue weighted by Gasteiger charge is 2.44. The van der Waals surface area contributed by atoms with Gasteiger partial charge in [-0.25, -0.2) is 8.78 Å². The molecule has 1 fully saturated rings. The van der Waals surface area contributed by atoms with Crippen molar-refractivity contribution in [3.8, 4) is 0 Å². The lowest BCUT2D eigenvalue weighted by Gasteiger charge is -2.37. The quantitative estimate of drug-likeness (QED) is 0.780. The predicted molar refractivity (Wildman–Crippen MR) is 61.0 cm³/mol. The lowest BCUT2D eigenvalue weighted by molar-refractivity contribution is -0.172. The molecule has 1 N–H and O–H groups in total. The molecule has 0 aromatic rings. The lowest BCUT2D eigenvalue weighted by atomic mass is 9.76. The van der Waals surface area contributed by atoms with Crippen molar-refractivity contribution in [1.29, 1.82) is 0 Å². The molecule has 0 spiro atoms. The van der Waals surface area contributed by atoms with Crippen molar-refractivity contribution in [3.05, 3.63) is 0 Å². The first-order chi connectivity index (χ1) is 7.75. The molecule has 0 radical (unpaired) electrons. The molecule has 1 saturated heterocycles. The van der Waals surface area contributed by atoms with Crippen molar-refractivity contribution in [3.63, 3.8) is 0 Å². The molecule has 100 valence electrons. The zero-order valence-electron chi connectivity index (χ0n) is 10.7. The first kappa shape index (κ1) is 14.4. The van der Waals surface area contributed by atoms with Gasteiger partial charge in [0.05, 0.1) is 5.41 Å². The number of piperidine rings is 1. The van der Waals surface area contributed by atoms with E-state index < -0.39 is 29.8 Å². The SMILES string of the molecule is CC(C)(C)OC(=O)C1(CC(F)F)CCNCC1. The van der Waals surface area contributed by atoms with E-state index in [4.69, 9.17) is 4.74 Å². The van der Waals surface area contributed by atoms with E-state index in [9.17, 15) is 13.6 Å². The fraction of sp³-hybridized carbons (Fsp3) is 0.917. The summed E-state index contributed by atoms with van der Waals surface area (Å²) in [4.78, 5) is 12.1. The number of nitrogens with one attached hydrogen (secondary N) is 1. The van der Waals surface area contributed by atoms with E-state index in [1.165, 1.54) is 0 Å². The van der Waals surface area contributed by atoms with Crippen LogP contribution in [0.5, 0.6) is 0 Å². The van der Waals surface area contributed by atoms with Gasteiger partial charge in [-0.05, 0) is 46.7 Å². The average molecular weight is 249 g/mol. The van der Waals surface area contributed by atoms with Gasteiger partial charge >= 0.3 is 5.97 Å². The number of carbonyl (C=O) groups excluding carboxylic acids is 1. The fourth-order valence-electron chi connectivity index (χ4n) is 2.08. The van der Waals surface area contributed by atoms with Crippen LogP contribution in [0.15, 0.2) is 0 Å². The maximum atomic E-state index is 12.6. The third kappa shape index (κ3) is 4.22. The number of esters is 1. The van der Waals surface area contributed by atoms with E-state index in [2.05, 4.69) is 5.32 Å². The van der Waals surface area contributed by atoms with E-state index in [0.717, 1.165) is 0 Å². The topological polar surface area (TPSA) is 38.3 Å². The van der Waals surface area contributed by atoms with Gasteiger partial charge in [0, 0.05) is 6.42 Å². The number of halogens is 2. The van der Waals surface area contributed by atoms with Crippen LogP contribution in [0.3, 0.4) is 0 Å². The number of ether oxygens (including phenoxy) is 1. The average Bonchev–Trinajstić information content (AvgIpc) is 2.15. The third-order valence-electron chi connectivity index (χ3n) is 2.94. The number of alkyl halides is 2. The fourth-order valence-corrected chi connectivity index (χ4v) is 2.08. The monoisotopic (exact) mass is 249 g/mol. The van der Waals surface area contributed by atoms with Gasteiger partial charge in [0.1, 0.15) is 5.60 Å². The third-order valence-corrected chi connectivity index (χ3v) is 2.94. The Morgan fingerprint density at radius 2 is 1.88 bits per heavy atom. The van der Waals surface area contributed by atoms with Gasteiger partial charge in [0.2, 0.25) is 6.43 Å². The Bertz CT molecular complexity index is 268. The minimum atomic E-state index is -2.47. The molecule has 0 aliphatic carbocycles. The summed E-state index contributed by atoms with van der Waals surface area (Å²) in [6.07, 6.45) is -2.03. The molecule has 3 nitrogen and oxygen atoms in total. The zero-order chi connectivity index (χ0) is 13.1. The summed E-state index contributed by atoms with van der Waals surface area (Å²) in [5.41, 5.74) is -1.64. The van der Waals surface area contributed by atoms with Gasteiger partial charge in [-0.1, -0.05) is 0 Å². The zero-order valence-corrected chi connectivity index (χ0v) is 10.7. The van der Waals surface area contributed by atoms with Gasteiger partial charge in [-0.15, -0.1) is 0 Å². The summed E-state index contributed by atoms with van der Waals surface area (Å²) in [5, 5.41) is 3.08. The maximum Gasteiger partial charge on any atom is 0.312 e. The Morgan fingerprint density at radius 1 is 1.35 bits per heavy atom. The minimum Gasteiger partial charge on any atom is -0.460 e. The number of hydrogen-bond donors (Lipinski definition) is 1. The molecule has 1 rings (SSSR count). The van der Waals surface area contributed by atoms with Gasteiger partial charge in [-0.3, -0.25) is 4.79 Å². The number of hydrogen-bond acceptors (Lipinski definition) is 3. The van der Waals surface area contributed by atoms with Crippen molar-refractivity contribution in [2.24, 2.45) is 5.41 Å². The summed E-state index contributed by atoms with van der Waals surface area (Å²) < 4.78 is 30.5. The molecule has 0 bridgehead atoms. The lowest BCUT2D eigenvalue weighted by Crippen LogP contribution is -2.46. The van der Waals surface area contributed by atoms with E-state index in [-0.39, 0.29) is 0 Å². The van der Waals surface area contributed by atoms with Crippen molar-refractivity contribution in [2.45, 2.75) is 52.1 Å². The van der Waals surface area contributed by atoms with Crippen LogP contribution >= 0.6 is 0 Å². The van der Waals surface area contributed by atoms with E-state index >= 15 is 0 Å². The molecule has 1 aliphatic rings. The van der Waals surface area contributed by atoms with Crippen LogP contribution in [-0.2, 0) is 9.53 Å². The first-order valence-corrected chi connectivity index (χ1v) is 5.97. The summed E-state index contributed by atoms with van der Waals surface area (Å²) in [7, 11) is 0. The maximum absolute atomic E-state index is 12.6. The summed E-state index contributed by atoms with van der Waals surface area (Å²) in [5.74, 6) is -0.480. The summed E-state index contributed by atoms with van der Waals surface area (Å²) >= 11 is 0. The van der Waals surface area contributed by atoms with Gasteiger partial charge in [-0.2, -0.15) is 0 Å². The van der Waals surface area contributed by atoms with Crippen LogP contribution < -0.4 is 5.32 Å². The standard InChI is InChI=1S/C12H21F2NO2/c1-11(2,3)17-10(16)12(8-9(13)14)4-6-15-7-5-12/h9,15H,4-8H2,1-3H3. The molecule has 5 heteroatoms. The molecular weight excluding hydrogens is 228 g/mol. The van der Waals surface area contributed by atoms with E-state index in [1.807, 2.05) is 0 Å². The molecule has 0 saturated carbocycles. The highest BCUT2D eigenvalue weighted by molar-refractivity contribution is 5.77. The Kier molecular flexibility index (Phi) is 4.47. The Labute approximate surface area is 101 Å². The van der Waals surface area contributed by atoms with Crippen molar-refractivity contribution in [1.82, 2.24) is 5.32 Å². The first-order valence-electron chi connectivity index (χ1n) is 5.97. The highest BCUT2D eigenvalue weighted by atomic mass is 19.3. The van der Waals surface area contributed by atoms with Gasteiger partial charge in [0.15, 0.2) is 0 Å². The molecule has 0 aromatic carbocycles. The molecule has 1 heterocycles. The Balaban J connectivity index is 2.78. The largest absolute Gasteiger partial charge is 0.460 e. The van der Waals surface area contributed by atoms with Crippen LogP contribution in [0.4, 0.5) is 8.78 Å². The van der Waals surface area contributed by atoms with Crippen molar-refractivity contribution < 1.29 is 18.3 Å². The second-order valence-electron chi connectivity index (χ2n) is 5.63. The van der Waals surface area contributed by atoms with Gasteiger partial charge < -0.3 is 10.1 Å². The second kappa shape index (κ2) is 5.29. The normalized spacial score (nSPS) is 20.4. The molecular formula is C12H21F2NO2. The molecule has 0 amide bonds. The molecule has 0 unspecified atom stereocenters. The van der Waals surface area contributed by atoms with Gasteiger partial charge in [0.25, 0.3) is 0 Å². The van der Waals surface area contributed by atoms with Crippen LogP contribution in [0.1, 0.15) is 40.0 Å². The molecule has 0 atom stereocenters. The second-order valence-corrected chi connectivity index (χ2v) is 5.63. The number of carbonyl (C=O) groups is 1. The smallest absolute Gasteiger partial charge is 0.312 e. The summed E-state index contributed by atoms with van der Waals surface area (Å²) in [6.45, 7) is 6.43. The van der Waals surface area contributed by atoms with Crippen molar-refractivity contribution >= 4 is 5.97 Å². The Morgan fingerprint density at radius 3 is 2.29 bits per heavy atom. The molecule has 0 aromatic heterocycles. The van der Waals surface area contributed by atoms with E-state index in [1.54, 1.807) is 20.8 Å². The number of rotatable bonds is 3. The van der Waals surface area contributed by atoms with Crippen LogP contribution in [0, 0.1) is 5.41 Å². The highest BCUT2D eigenvalue weighted by Crippen LogP contribution is 2.37. The molecule has 17 heavy (non-hydrogen) atoms. The van der Waals surface area contributed by atoms with Crippen LogP contribution in [0.25, 0.3) is 0 Å².